The van der Waals surface area contributed by atoms with E-state index in [2.05, 4.69) is 20.6 Å². The highest BCUT2D eigenvalue weighted by Crippen LogP contribution is 2.30. The maximum Gasteiger partial charge on any atom is 0.257 e. The van der Waals surface area contributed by atoms with E-state index in [0.29, 0.717) is 10.8 Å². The molecule has 0 aliphatic carbocycles. The molecule has 1 aliphatic heterocycles. The minimum absolute atomic E-state index is 0.0840. The zero-order valence-corrected chi connectivity index (χ0v) is 16.1. The third-order valence-electron chi connectivity index (χ3n) is 4.34. The number of nitrogens with one attached hydrogen (secondary N) is 3. The van der Waals surface area contributed by atoms with Crippen molar-refractivity contribution in [2.24, 2.45) is 0 Å². The van der Waals surface area contributed by atoms with Gasteiger partial charge in [0.1, 0.15) is 5.82 Å². The molecule has 0 saturated heterocycles. The molecule has 0 spiro atoms. The molecule has 2 amide bonds. The minimum Gasteiger partial charge on any atom is -0.325 e. The Labute approximate surface area is 161 Å². The van der Waals surface area contributed by atoms with Crippen LogP contribution in [0.1, 0.15) is 43.7 Å². The summed E-state index contributed by atoms with van der Waals surface area (Å²) in [4.78, 5) is 44.6. The van der Waals surface area contributed by atoms with Crippen molar-refractivity contribution in [2.75, 3.05) is 16.4 Å². The van der Waals surface area contributed by atoms with Crippen LogP contribution in [0.4, 0.5) is 11.5 Å². The first-order valence-corrected chi connectivity index (χ1v) is 9.97. The molecule has 0 fully saturated rings. The normalized spacial score (nSPS) is 15.8. The first kappa shape index (κ1) is 19.2. The molecular weight excluding hydrogens is 364 g/mol. The predicted molar refractivity (Wildman–Crippen MR) is 106 cm³/mol. The van der Waals surface area contributed by atoms with Crippen molar-refractivity contribution in [1.29, 1.82) is 0 Å². The summed E-state index contributed by atoms with van der Waals surface area (Å²) in [6.07, 6.45) is 1.61. The Balaban J connectivity index is 1.92. The first-order chi connectivity index (χ1) is 13.0. The fraction of sp³-hybridized carbons (Fsp3) is 0.368. The Morgan fingerprint density at radius 1 is 1.30 bits per heavy atom. The molecule has 0 bridgehead atoms. The van der Waals surface area contributed by atoms with Crippen LogP contribution < -0.4 is 16.2 Å². The van der Waals surface area contributed by atoms with E-state index in [0.717, 1.165) is 24.2 Å². The topological polar surface area (TPSA) is 104 Å². The summed E-state index contributed by atoms with van der Waals surface area (Å²) in [5.74, 6) is -0.602. The first-order valence-electron chi connectivity index (χ1n) is 8.99. The van der Waals surface area contributed by atoms with Crippen LogP contribution in [-0.2, 0) is 16.0 Å². The zero-order valence-electron chi connectivity index (χ0n) is 15.3. The molecule has 0 saturated carbocycles. The van der Waals surface area contributed by atoms with Crippen molar-refractivity contribution < 1.29 is 9.59 Å². The van der Waals surface area contributed by atoms with Crippen LogP contribution >= 0.6 is 11.8 Å². The molecular formula is C19H22N4O3S. The maximum atomic E-state index is 12.9. The number of anilines is 2. The molecule has 1 atom stereocenters. The van der Waals surface area contributed by atoms with E-state index < -0.39 is 5.92 Å². The number of amides is 2. The number of fused-ring (bicyclic) bond motifs is 1. The smallest absolute Gasteiger partial charge is 0.257 e. The van der Waals surface area contributed by atoms with Crippen molar-refractivity contribution in [3.05, 3.63) is 45.7 Å². The number of carbonyl (C=O) groups is 2. The Kier molecular flexibility index (Phi) is 5.95. The summed E-state index contributed by atoms with van der Waals surface area (Å²) in [6.45, 7) is 4.03. The van der Waals surface area contributed by atoms with Gasteiger partial charge in [0.15, 0.2) is 5.16 Å². The van der Waals surface area contributed by atoms with E-state index in [1.54, 1.807) is 0 Å². The van der Waals surface area contributed by atoms with E-state index in [1.807, 2.05) is 38.1 Å². The van der Waals surface area contributed by atoms with Crippen LogP contribution in [0.2, 0.25) is 0 Å². The van der Waals surface area contributed by atoms with Crippen LogP contribution in [-0.4, -0.2) is 27.5 Å². The number of H-pyrrole nitrogens is 1. The molecule has 0 radical (unpaired) electrons. The van der Waals surface area contributed by atoms with Gasteiger partial charge in [0, 0.05) is 17.9 Å². The molecule has 2 heterocycles. The summed E-state index contributed by atoms with van der Waals surface area (Å²) < 4.78 is 0. The van der Waals surface area contributed by atoms with Gasteiger partial charge in [0.05, 0.1) is 11.5 Å². The van der Waals surface area contributed by atoms with Crippen LogP contribution in [0, 0.1) is 0 Å². The number of benzene rings is 1. The molecule has 1 aromatic carbocycles. The second-order valence-electron chi connectivity index (χ2n) is 6.29. The lowest BCUT2D eigenvalue weighted by Crippen LogP contribution is -2.36. The van der Waals surface area contributed by atoms with E-state index in [1.165, 1.54) is 11.8 Å². The Morgan fingerprint density at radius 2 is 2.07 bits per heavy atom. The molecule has 142 valence electrons. The third kappa shape index (κ3) is 4.21. The number of aromatic amines is 1. The fourth-order valence-electron chi connectivity index (χ4n) is 3.01. The second kappa shape index (κ2) is 8.39. The predicted octanol–water partition coefficient (Wildman–Crippen LogP) is 2.90. The zero-order chi connectivity index (χ0) is 19.4. The average Bonchev–Trinajstić information content (AvgIpc) is 2.65. The van der Waals surface area contributed by atoms with Gasteiger partial charge in [-0.05, 0) is 24.5 Å². The number of carbonyl (C=O) groups excluding carboxylic acids is 2. The lowest BCUT2D eigenvalue weighted by molar-refractivity contribution is -0.123. The summed E-state index contributed by atoms with van der Waals surface area (Å²) in [5.41, 5.74) is 1.51. The largest absolute Gasteiger partial charge is 0.325 e. The Hall–Kier alpha value is -2.61. The van der Waals surface area contributed by atoms with E-state index in [-0.39, 0.29) is 35.2 Å². The molecule has 3 N–H and O–H groups in total. The average molecular weight is 386 g/mol. The molecule has 1 aromatic heterocycles. The van der Waals surface area contributed by atoms with Crippen LogP contribution in [0.3, 0.4) is 0 Å². The number of nitrogens with zero attached hydrogens (tertiary/aromatic N) is 1. The quantitative estimate of drug-likeness (QED) is 0.523. The highest BCUT2D eigenvalue weighted by atomic mass is 32.2. The number of para-hydroxylation sites is 1. The number of hydrogen-bond acceptors (Lipinski definition) is 5. The monoisotopic (exact) mass is 386 g/mol. The Bertz CT molecular complexity index is 925. The molecule has 8 heteroatoms. The van der Waals surface area contributed by atoms with Crippen molar-refractivity contribution in [2.45, 2.75) is 44.2 Å². The highest BCUT2D eigenvalue weighted by Gasteiger charge is 2.34. The van der Waals surface area contributed by atoms with Crippen molar-refractivity contribution >= 4 is 35.1 Å². The third-order valence-corrected chi connectivity index (χ3v) is 5.42. The van der Waals surface area contributed by atoms with E-state index >= 15 is 0 Å². The SMILES string of the molecule is CCCSc1nc2c(c(=O)[nH]1)C(C(=O)Nc1ccccc1CC)CC(=O)N2. The van der Waals surface area contributed by atoms with Gasteiger partial charge in [-0.15, -0.1) is 0 Å². The lowest BCUT2D eigenvalue weighted by Gasteiger charge is -2.24. The number of aromatic nitrogens is 2. The summed E-state index contributed by atoms with van der Waals surface area (Å²) in [6, 6.07) is 7.49. The summed E-state index contributed by atoms with van der Waals surface area (Å²) in [5, 5.41) is 5.93. The summed E-state index contributed by atoms with van der Waals surface area (Å²) >= 11 is 1.41. The van der Waals surface area contributed by atoms with Crippen LogP contribution in [0.15, 0.2) is 34.2 Å². The van der Waals surface area contributed by atoms with Gasteiger partial charge in [-0.25, -0.2) is 4.98 Å². The number of rotatable bonds is 6. The van der Waals surface area contributed by atoms with Gasteiger partial charge in [0.2, 0.25) is 11.8 Å². The van der Waals surface area contributed by atoms with Gasteiger partial charge >= 0.3 is 0 Å². The van der Waals surface area contributed by atoms with E-state index in [9.17, 15) is 14.4 Å². The van der Waals surface area contributed by atoms with Gasteiger partial charge in [0.25, 0.3) is 5.56 Å². The van der Waals surface area contributed by atoms with Gasteiger partial charge in [-0.1, -0.05) is 43.8 Å². The van der Waals surface area contributed by atoms with Crippen LogP contribution in [0.25, 0.3) is 0 Å². The Morgan fingerprint density at radius 3 is 2.81 bits per heavy atom. The number of hydrogen-bond donors (Lipinski definition) is 3. The number of thioether (sulfide) groups is 1. The fourth-order valence-corrected chi connectivity index (χ4v) is 3.73. The van der Waals surface area contributed by atoms with Gasteiger partial charge < -0.3 is 15.6 Å². The van der Waals surface area contributed by atoms with Crippen molar-refractivity contribution in [3.63, 3.8) is 0 Å². The molecule has 7 nitrogen and oxygen atoms in total. The molecule has 2 aromatic rings. The summed E-state index contributed by atoms with van der Waals surface area (Å²) in [7, 11) is 0. The molecule has 27 heavy (non-hydrogen) atoms. The standard InChI is InChI=1S/C19H22N4O3S/c1-3-9-27-19-22-16-15(18(26)23-19)12(10-14(24)21-16)17(25)20-13-8-6-5-7-11(13)4-2/h5-8,12H,3-4,9-10H2,1-2H3,(H,20,25)(H2,21,22,23,24,26). The van der Waals surface area contributed by atoms with Crippen LogP contribution in [0.5, 0.6) is 0 Å². The second-order valence-corrected chi connectivity index (χ2v) is 7.37. The van der Waals surface area contributed by atoms with Gasteiger partial charge in [-0.3, -0.25) is 14.4 Å². The van der Waals surface area contributed by atoms with E-state index in [4.69, 9.17) is 0 Å². The highest BCUT2D eigenvalue weighted by molar-refractivity contribution is 7.99. The minimum atomic E-state index is -0.875. The molecule has 1 unspecified atom stereocenters. The number of aryl methyl sites for hydroxylation is 1. The lowest BCUT2D eigenvalue weighted by atomic mass is 9.92. The maximum absolute atomic E-state index is 12.9. The molecule has 1 aliphatic rings. The molecule has 3 rings (SSSR count). The van der Waals surface area contributed by atoms with Crippen molar-refractivity contribution in [3.8, 4) is 0 Å². The van der Waals surface area contributed by atoms with Crippen molar-refractivity contribution in [1.82, 2.24) is 9.97 Å². The van der Waals surface area contributed by atoms with Gasteiger partial charge in [-0.2, -0.15) is 0 Å².